The first kappa shape index (κ1) is 9.41. The third-order valence-electron chi connectivity index (χ3n) is 2.93. The lowest BCUT2D eigenvalue weighted by Crippen LogP contribution is -2.05. The maximum atomic E-state index is 5.81. The van der Waals surface area contributed by atoms with Gasteiger partial charge in [-0.1, -0.05) is 6.07 Å². The molecule has 1 aliphatic rings. The summed E-state index contributed by atoms with van der Waals surface area (Å²) in [5, 5.41) is 4.06. The molecular formula is C10H13N5O. The first-order valence-corrected chi connectivity index (χ1v) is 5.24. The molecule has 0 spiro atoms. The zero-order valence-corrected chi connectivity index (χ0v) is 8.76. The maximum Gasteiger partial charge on any atom is 0.240 e. The summed E-state index contributed by atoms with van der Waals surface area (Å²) in [5.74, 6) is 1.16. The van der Waals surface area contributed by atoms with Gasteiger partial charge in [0.1, 0.15) is 5.82 Å². The van der Waals surface area contributed by atoms with Gasteiger partial charge in [0.05, 0.1) is 6.61 Å². The quantitative estimate of drug-likeness (QED) is 0.724. The maximum absolute atomic E-state index is 5.81. The molecule has 3 heterocycles. The number of nitrogen functional groups attached to an aromatic ring is 2. The van der Waals surface area contributed by atoms with Gasteiger partial charge in [0.25, 0.3) is 0 Å². The number of pyridine rings is 1. The molecule has 0 amide bonds. The molecule has 6 heteroatoms. The highest BCUT2D eigenvalue weighted by molar-refractivity contribution is 5.57. The second-order valence-electron chi connectivity index (χ2n) is 3.98. The molecule has 6 nitrogen and oxygen atoms in total. The van der Waals surface area contributed by atoms with Crippen molar-refractivity contribution >= 4 is 17.4 Å². The third-order valence-corrected chi connectivity index (χ3v) is 2.93. The fourth-order valence-electron chi connectivity index (χ4n) is 2.11. The Morgan fingerprint density at radius 3 is 3.00 bits per heavy atom. The van der Waals surface area contributed by atoms with E-state index in [1.54, 1.807) is 4.52 Å². The Labute approximate surface area is 92.2 Å². The molecule has 84 valence electrons. The van der Waals surface area contributed by atoms with Crippen molar-refractivity contribution < 1.29 is 4.74 Å². The summed E-state index contributed by atoms with van der Waals surface area (Å²) in [6.07, 6.45) is 1.01. The number of nitrogens with zero attached hydrogens (tertiary/aromatic N) is 3. The van der Waals surface area contributed by atoms with Gasteiger partial charge in [0.15, 0.2) is 5.65 Å². The van der Waals surface area contributed by atoms with E-state index in [0.29, 0.717) is 11.7 Å². The van der Waals surface area contributed by atoms with Crippen LogP contribution in [-0.2, 0) is 4.74 Å². The second-order valence-corrected chi connectivity index (χ2v) is 3.98. The normalized spacial score (nSPS) is 20.6. The minimum atomic E-state index is 0.248. The van der Waals surface area contributed by atoms with Crippen LogP contribution in [0.2, 0.25) is 0 Å². The average Bonchev–Trinajstić information content (AvgIpc) is 2.87. The van der Waals surface area contributed by atoms with Crippen LogP contribution >= 0.6 is 0 Å². The van der Waals surface area contributed by atoms with Gasteiger partial charge >= 0.3 is 0 Å². The molecule has 0 saturated carbocycles. The number of anilines is 2. The lowest BCUT2D eigenvalue weighted by molar-refractivity contribution is 0.194. The summed E-state index contributed by atoms with van der Waals surface area (Å²) in [6, 6.07) is 3.81. The van der Waals surface area contributed by atoms with Crippen molar-refractivity contribution in [3.8, 4) is 0 Å². The van der Waals surface area contributed by atoms with Crippen molar-refractivity contribution in [2.24, 2.45) is 0 Å². The standard InChI is InChI=1S/C10H13N5O/c11-8-2-1-7(6-3-4-16-5-6)9-13-10(12)14-15(8)9/h1-2,6H,3-5,11H2,(H2,12,14). The van der Waals surface area contributed by atoms with Gasteiger partial charge < -0.3 is 16.2 Å². The number of hydrogen-bond donors (Lipinski definition) is 2. The topological polar surface area (TPSA) is 91.5 Å². The van der Waals surface area contributed by atoms with Crippen molar-refractivity contribution in [3.05, 3.63) is 17.7 Å². The second kappa shape index (κ2) is 3.34. The monoisotopic (exact) mass is 219 g/mol. The van der Waals surface area contributed by atoms with Crippen LogP contribution in [0.5, 0.6) is 0 Å². The number of nitrogens with two attached hydrogens (primary N) is 2. The van der Waals surface area contributed by atoms with Crippen LogP contribution in [0, 0.1) is 0 Å². The largest absolute Gasteiger partial charge is 0.384 e. The lowest BCUT2D eigenvalue weighted by Gasteiger charge is -2.09. The Morgan fingerprint density at radius 2 is 2.25 bits per heavy atom. The molecule has 1 atom stereocenters. The first-order chi connectivity index (χ1) is 7.75. The van der Waals surface area contributed by atoms with Crippen molar-refractivity contribution in [3.63, 3.8) is 0 Å². The molecule has 3 rings (SSSR count). The zero-order chi connectivity index (χ0) is 11.1. The highest BCUT2D eigenvalue weighted by Gasteiger charge is 2.22. The van der Waals surface area contributed by atoms with Crippen molar-refractivity contribution in [2.75, 3.05) is 24.7 Å². The lowest BCUT2D eigenvalue weighted by atomic mass is 10.00. The zero-order valence-electron chi connectivity index (χ0n) is 8.76. The summed E-state index contributed by atoms with van der Waals surface area (Å²) in [4.78, 5) is 4.21. The first-order valence-electron chi connectivity index (χ1n) is 5.24. The summed E-state index contributed by atoms with van der Waals surface area (Å²) in [5.41, 5.74) is 13.3. The van der Waals surface area contributed by atoms with Gasteiger partial charge in [-0.3, -0.25) is 0 Å². The van der Waals surface area contributed by atoms with Gasteiger partial charge in [0, 0.05) is 18.1 Å². The number of rotatable bonds is 1. The number of aromatic nitrogens is 3. The van der Waals surface area contributed by atoms with Gasteiger partial charge in [-0.25, -0.2) is 0 Å². The van der Waals surface area contributed by atoms with Gasteiger partial charge in [-0.15, -0.1) is 5.10 Å². The summed E-state index contributed by atoms with van der Waals surface area (Å²) >= 11 is 0. The minimum absolute atomic E-state index is 0.248. The molecule has 0 bridgehead atoms. The molecule has 1 unspecified atom stereocenters. The molecule has 2 aromatic rings. The van der Waals surface area contributed by atoms with E-state index in [9.17, 15) is 0 Å². The Bertz CT molecular complexity index is 529. The van der Waals surface area contributed by atoms with E-state index < -0.39 is 0 Å². The predicted octanol–water partition coefficient (Wildman–Crippen LogP) is 0.398. The van der Waals surface area contributed by atoms with Crippen LogP contribution in [0.25, 0.3) is 5.65 Å². The van der Waals surface area contributed by atoms with Gasteiger partial charge in [-0.05, 0) is 12.5 Å². The molecule has 1 fully saturated rings. The molecule has 0 aliphatic carbocycles. The summed E-state index contributed by atoms with van der Waals surface area (Å²) in [6.45, 7) is 1.52. The molecule has 1 saturated heterocycles. The van der Waals surface area contributed by atoms with E-state index in [1.165, 1.54) is 0 Å². The van der Waals surface area contributed by atoms with Crippen LogP contribution in [0.1, 0.15) is 17.9 Å². The van der Waals surface area contributed by atoms with E-state index in [2.05, 4.69) is 10.1 Å². The van der Waals surface area contributed by atoms with E-state index in [1.807, 2.05) is 12.1 Å². The van der Waals surface area contributed by atoms with Crippen LogP contribution < -0.4 is 11.5 Å². The smallest absolute Gasteiger partial charge is 0.240 e. The van der Waals surface area contributed by atoms with Crippen LogP contribution in [0.4, 0.5) is 11.8 Å². The van der Waals surface area contributed by atoms with Gasteiger partial charge in [-0.2, -0.15) is 9.50 Å². The Balaban J connectivity index is 2.20. The number of fused-ring (bicyclic) bond motifs is 1. The van der Waals surface area contributed by atoms with E-state index in [4.69, 9.17) is 16.2 Å². The Morgan fingerprint density at radius 1 is 1.38 bits per heavy atom. The van der Waals surface area contributed by atoms with Crippen molar-refractivity contribution in [2.45, 2.75) is 12.3 Å². The SMILES string of the molecule is Nc1nc2c(C3CCOC3)ccc(N)n2n1. The molecule has 4 N–H and O–H groups in total. The Kier molecular flexibility index (Phi) is 1.97. The minimum Gasteiger partial charge on any atom is -0.384 e. The number of ether oxygens (including phenoxy) is 1. The van der Waals surface area contributed by atoms with Crippen LogP contribution in [0.15, 0.2) is 12.1 Å². The van der Waals surface area contributed by atoms with Crippen LogP contribution in [-0.4, -0.2) is 27.8 Å². The molecule has 2 aromatic heterocycles. The van der Waals surface area contributed by atoms with E-state index >= 15 is 0 Å². The summed E-state index contributed by atoms with van der Waals surface area (Å²) < 4.78 is 6.96. The van der Waals surface area contributed by atoms with E-state index in [-0.39, 0.29) is 5.95 Å². The average molecular weight is 219 g/mol. The predicted molar refractivity (Wildman–Crippen MR) is 60.0 cm³/mol. The van der Waals surface area contributed by atoms with Crippen LogP contribution in [0.3, 0.4) is 0 Å². The molecule has 16 heavy (non-hydrogen) atoms. The molecule has 0 aromatic carbocycles. The molecule has 1 aliphatic heterocycles. The van der Waals surface area contributed by atoms with Crippen molar-refractivity contribution in [1.82, 2.24) is 14.6 Å². The summed E-state index contributed by atoms with van der Waals surface area (Å²) in [7, 11) is 0. The molecular weight excluding hydrogens is 206 g/mol. The fourth-order valence-corrected chi connectivity index (χ4v) is 2.11. The third kappa shape index (κ3) is 1.30. The highest BCUT2D eigenvalue weighted by atomic mass is 16.5. The van der Waals surface area contributed by atoms with Gasteiger partial charge in [0.2, 0.25) is 5.95 Å². The Hall–Kier alpha value is -1.82. The highest BCUT2D eigenvalue weighted by Crippen LogP contribution is 2.29. The number of hydrogen-bond acceptors (Lipinski definition) is 5. The van der Waals surface area contributed by atoms with E-state index in [0.717, 1.165) is 30.8 Å². The van der Waals surface area contributed by atoms with Crippen molar-refractivity contribution in [1.29, 1.82) is 0 Å². The fraction of sp³-hybridized carbons (Fsp3) is 0.400. The molecule has 0 radical (unpaired) electrons.